The fourth-order valence-electron chi connectivity index (χ4n) is 2.44. The number of nitrogens with zero attached hydrogens (tertiary/aromatic N) is 2. The number of pyridine rings is 1. The Morgan fingerprint density at radius 2 is 1.96 bits per heavy atom. The van der Waals surface area contributed by atoms with Gasteiger partial charge in [0.2, 0.25) is 0 Å². The summed E-state index contributed by atoms with van der Waals surface area (Å²) >= 11 is 0. The van der Waals surface area contributed by atoms with Crippen molar-refractivity contribution in [1.82, 2.24) is 14.7 Å². The highest BCUT2D eigenvalue weighted by atomic mass is 16.2. The molecule has 0 radical (unpaired) electrons. The largest absolute Gasteiger partial charge is 0.346 e. The summed E-state index contributed by atoms with van der Waals surface area (Å²) in [5.74, 6) is 5.19. The van der Waals surface area contributed by atoms with Crippen molar-refractivity contribution in [3.05, 3.63) is 81.5 Å². The van der Waals surface area contributed by atoms with Gasteiger partial charge in [0.15, 0.2) is 5.69 Å². The van der Waals surface area contributed by atoms with Crippen LogP contribution in [0.3, 0.4) is 0 Å². The molecule has 3 rings (SSSR count). The van der Waals surface area contributed by atoms with Gasteiger partial charge in [-0.25, -0.2) is 4.98 Å². The molecular formula is C20H17N3O2. The van der Waals surface area contributed by atoms with E-state index in [9.17, 15) is 9.59 Å². The van der Waals surface area contributed by atoms with Crippen LogP contribution in [0.2, 0.25) is 0 Å². The second-order valence-corrected chi connectivity index (χ2v) is 5.67. The summed E-state index contributed by atoms with van der Waals surface area (Å²) in [5, 5.41) is 2.74. The molecule has 0 spiro atoms. The number of fused-ring (bicyclic) bond motifs is 1. The van der Waals surface area contributed by atoms with Crippen LogP contribution in [-0.2, 0) is 6.54 Å². The minimum absolute atomic E-state index is 0.133. The van der Waals surface area contributed by atoms with Gasteiger partial charge in [0.05, 0.1) is 11.7 Å². The zero-order valence-corrected chi connectivity index (χ0v) is 14.0. The van der Waals surface area contributed by atoms with Gasteiger partial charge in [0.25, 0.3) is 11.5 Å². The average Bonchev–Trinajstić information content (AvgIpc) is 2.62. The zero-order chi connectivity index (χ0) is 17.8. The molecule has 0 bridgehead atoms. The van der Waals surface area contributed by atoms with E-state index in [2.05, 4.69) is 22.1 Å². The van der Waals surface area contributed by atoms with E-state index in [4.69, 9.17) is 0 Å². The lowest BCUT2D eigenvalue weighted by molar-refractivity contribution is 0.0944. The number of benzene rings is 1. The molecule has 124 valence electrons. The lowest BCUT2D eigenvalue weighted by Gasteiger charge is -2.07. The number of aryl methyl sites for hydroxylation is 1. The van der Waals surface area contributed by atoms with Gasteiger partial charge in [-0.2, -0.15) is 0 Å². The zero-order valence-electron chi connectivity index (χ0n) is 14.0. The molecule has 0 saturated heterocycles. The molecule has 1 aromatic carbocycles. The molecule has 25 heavy (non-hydrogen) atoms. The van der Waals surface area contributed by atoms with Crippen LogP contribution in [0.4, 0.5) is 0 Å². The van der Waals surface area contributed by atoms with Crippen molar-refractivity contribution in [3.8, 4) is 11.8 Å². The molecule has 0 atom stereocenters. The molecule has 2 heterocycles. The fraction of sp³-hybridized carbons (Fsp3) is 0.150. The van der Waals surface area contributed by atoms with Crippen molar-refractivity contribution < 1.29 is 4.79 Å². The van der Waals surface area contributed by atoms with Crippen LogP contribution >= 0.6 is 0 Å². The molecule has 0 fully saturated rings. The average molecular weight is 331 g/mol. The van der Waals surface area contributed by atoms with Gasteiger partial charge >= 0.3 is 0 Å². The fourth-order valence-corrected chi connectivity index (χ4v) is 2.44. The van der Waals surface area contributed by atoms with Gasteiger partial charge < -0.3 is 5.32 Å². The smallest absolute Gasteiger partial charge is 0.286 e. The Labute approximate surface area is 145 Å². The van der Waals surface area contributed by atoms with Crippen molar-refractivity contribution in [2.75, 3.05) is 0 Å². The maximum Gasteiger partial charge on any atom is 0.286 e. The van der Waals surface area contributed by atoms with Crippen LogP contribution < -0.4 is 10.9 Å². The predicted octanol–water partition coefficient (Wildman–Crippen LogP) is 2.30. The number of amides is 1. The van der Waals surface area contributed by atoms with Gasteiger partial charge in [0, 0.05) is 18.3 Å². The van der Waals surface area contributed by atoms with Crippen molar-refractivity contribution in [2.24, 2.45) is 0 Å². The minimum Gasteiger partial charge on any atom is -0.346 e. The van der Waals surface area contributed by atoms with E-state index in [-0.39, 0.29) is 5.69 Å². The lowest BCUT2D eigenvalue weighted by Crippen LogP contribution is -2.32. The summed E-state index contributed by atoms with van der Waals surface area (Å²) in [7, 11) is 0. The van der Waals surface area contributed by atoms with E-state index < -0.39 is 11.5 Å². The second-order valence-electron chi connectivity index (χ2n) is 5.67. The Bertz CT molecular complexity index is 1050. The third kappa shape index (κ3) is 3.59. The molecule has 0 aliphatic carbocycles. The Morgan fingerprint density at radius 1 is 1.20 bits per heavy atom. The maximum absolute atomic E-state index is 12.6. The standard InChI is InChI=1S/C20H17N3O2/c1-3-4-16-9-10-17-12-21-18(20(25)23(17)13-16)19(24)22-11-15-7-5-14(2)6-8-15/h5-10,12-13H,11H2,1-2H3,(H,22,24). The van der Waals surface area contributed by atoms with Gasteiger partial charge in [-0.15, -0.1) is 5.92 Å². The molecule has 5 heteroatoms. The number of hydrogen-bond donors (Lipinski definition) is 1. The number of rotatable bonds is 3. The summed E-state index contributed by atoms with van der Waals surface area (Å²) < 4.78 is 1.40. The van der Waals surface area contributed by atoms with Gasteiger partial charge in [-0.05, 0) is 31.5 Å². The molecule has 0 aliphatic heterocycles. The maximum atomic E-state index is 12.6. The van der Waals surface area contributed by atoms with Crippen molar-refractivity contribution in [2.45, 2.75) is 20.4 Å². The normalized spacial score (nSPS) is 10.2. The Kier molecular flexibility index (Phi) is 4.62. The molecule has 0 aliphatic rings. The highest BCUT2D eigenvalue weighted by molar-refractivity contribution is 5.92. The van der Waals surface area contributed by atoms with E-state index >= 15 is 0 Å². The minimum atomic E-state index is -0.494. The first-order chi connectivity index (χ1) is 12.1. The number of aromatic nitrogens is 2. The van der Waals surface area contributed by atoms with E-state index in [1.165, 1.54) is 10.6 Å². The van der Waals surface area contributed by atoms with Crippen LogP contribution in [0.25, 0.3) is 5.52 Å². The van der Waals surface area contributed by atoms with Crippen LogP contribution in [-0.4, -0.2) is 15.3 Å². The lowest BCUT2D eigenvalue weighted by atomic mass is 10.1. The first-order valence-electron chi connectivity index (χ1n) is 7.86. The highest BCUT2D eigenvalue weighted by Crippen LogP contribution is 2.05. The van der Waals surface area contributed by atoms with Crippen LogP contribution in [0.15, 0.2) is 53.6 Å². The predicted molar refractivity (Wildman–Crippen MR) is 96.4 cm³/mol. The third-order valence-electron chi connectivity index (χ3n) is 3.79. The Morgan fingerprint density at radius 3 is 2.68 bits per heavy atom. The molecule has 0 saturated carbocycles. The van der Waals surface area contributed by atoms with Gasteiger partial charge in [-0.1, -0.05) is 35.7 Å². The molecule has 5 nitrogen and oxygen atoms in total. The van der Waals surface area contributed by atoms with Crippen LogP contribution in [0, 0.1) is 18.8 Å². The van der Waals surface area contributed by atoms with Gasteiger partial charge in [-0.3, -0.25) is 14.0 Å². The van der Waals surface area contributed by atoms with Crippen molar-refractivity contribution >= 4 is 11.4 Å². The summed E-state index contributed by atoms with van der Waals surface area (Å²) in [6.45, 7) is 4.06. The molecule has 2 aromatic heterocycles. The van der Waals surface area contributed by atoms with Crippen molar-refractivity contribution in [1.29, 1.82) is 0 Å². The van der Waals surface area contributed by atoms with Gasteiger partial charge in [0.1, 0.15) is 0 Å². The molecular weight excluding hydrogens is 314 g/mol. The summed E-state index contributed by atoms with van der Waals surface area (Å²) in [6, 6.07) is 11.4. The SMILES string of the molecule is CC#Cc1ccc2cnc(C(=O)NCc3ccc(C)cc3)c(=O)n2c1. The van der Waals surface area contributed by atoms with Crippen molar-refractivity contribution in [3.63, 3.8) is 0 Å². The first kappa shape index (κ1) is 16.5. The van der Waals surface area contributed by atoms with E-state index in [0.717, 1.165) is 11.1 Å². The summed E-state index contributed by atoms with van der Waals surface area (Å²) in [5.41, 5.74) is 2.83. The monoisotopic (exact) mass is 331 g/mol. The molecule has 3 aromatic rings. The van der Waals surface area contributed by atoms with E-state index in [1.54, 1.807) is 19.2 Å². The number of nitrogens with one attached hydrogen (secondary N) is 1. The highest BCUT2D eigenvalue weighted by Gasteiger charge is 2.14. The molecule has 1 amide bonds. The Hall–Kier alpha value is -3.39. The van der Waals surface area contributed by atoms with E-state index in [0.29, 0.717) is 17.6 Å². The number of hydrogen-bond acceptors (Lipinski definition) is 3. The third-order valence-corrected chi connectivity index (χ3v) is 3.79. The quantitative estimate of drug-likeness (QED) is 0.749. The molecule has 1 N–H and O–H groups in total. The number of carbonyl (C=O) groups is 1. The topological polar surface area (TPSA) is 63.5 Å². The van der Waals surface area contributed by atoms with Crippen LogP contribution in [0.5, 0.6) is 0 Å². The second kappa shape index (κ2) is 7.02. The Balaban J connectivity index is 1.87. The molecule has 0 unspecified atom stereocenters. The summed E-state index contributed by atoms with van der Waals surface area (Å²) in [4.78, 5) is 28.9. The van der Waals surface area contributed by atoms with E-state index in [1.807, 2.05) is 37.3 Å². The number of carbonyl (C=O) groups excluding carboxylic acids is 1. The van der Waals surface area contributed by atoms with Crippen LogP contribution in [0.1, 0.15) is 34.1 Å². The first-order valence-corrected chi connectivity index (χ1v) is 7.86. The summed E-state index contributed by atoms with van der Waals surface area (Å²) in [6.07, 6.45) is 3.12.